The average molecular weight is 308 g/mol. The molecular weight excluding hydrogens is 292 g/mol. The van der Waals surface area contributed by atoms with E-state index in [0.717, 1.165) is 18.6 Å². The van der Waals surface area contributed by atoms with Gasteiger partial charge in [0.15, 0.2) is 5.00 Å². The van der Waals surface area contributed by atoms with Crippen molar-refractivity contribution in [1.82, 2.24) is 0 Å². The van der Waals surface area contributed by atoms with Crippen LogP contribution < -0.4 is 4.90 Å². The maximum atomic E-state index is 11.3. The maximum absolute atomic E-state index is 11.3. The Hall–Kier alpha value is -1.86. The van der Waals surface area contributed by atoms with Gasteiger partial charge in [0.05, 0.1) is 23.8 Å². The fraction of sp³-hybridized carbons (Fsp3) is 0.429. The van der Waals surface area contributed by atoms with E-state index in [1.807, 2.05) is 17.0 Å². The fourth-order valence-electron chi connectivity index (χ4n) is 2.26. The minimum Gasteiger partial charge on any atom is -0.467 e. The smallest absolute Gasteiger partial charge is 0.304 e. The first kappa shape index (κ1) is 14.1. The van der Waals surface area contributed by atoms with Crippen LogP contribution >= 0.6 is 11.3 Å². The molecule has 0 spiro atoms. The molecule has 1 aliphatic carbocycles. The van der Waals surface area contributed by atoms with Gasteiger partial charge in [-0.25, -0.2) is 0 Å². The summed E-state index contributed by atoms with van der Waals surface area (Å²) in [5, 5.41) is 21.6. The number of furan rings is 1. The molecule has 3 rings (SSSR count). The van der Waals surface area contributed by atoms with Gasteiger partial charge >= 0.3 is 5.69 Å². The maximum Gasteiger partial charge on any atom is 0.304 e. The Kier molecular flexibility index (Phi) is 3.69. The summed E-state index contributed by atoms with van der Waals surface area (Å²) >= 11 is 1.29. The molecular formula is C14H16N2O4S. The van der Waals surface area contributed by atoms with Gasteiger partial charge in [-0.1, -0.05) is 0 Å². The van der Waals surface area contributed by atoms with Crippen LogP contribution in [0, 0.1) is 10.1 Å². The van der Waals surface area contributed by atoms with Gasteiger partial charge in [0.25, 0.3) is 0 Å². The lowest BCUT2D eigenvalue weighted by Gasteiger charge is -2.21. The molecule has 112 valence electrons. The van der Waals surface area contributed by atoms with Crippen LogP contribution in [0.4, 0.5) is 10.7 Å². The molecule has 0 aromatic carbocycles. The van der Waals surface area contributed by atoms with Crippen LogP contribution in [-0.4, -0.2) is 16.1 Å². The van der Waals surface area contributed by atoms with Gasteiger partial charge in [-0.15, -0.1) is 11.3 Å². The van der Waals surface area contributed by atoms with E-state index < -0.39 is 6.10 Å². The Labute approximate surface area is 125 Å². The van der Waals surface area contributed by atoms with E-state index >= 15 is 0 Å². The highest BCUT2D eigenvalue weighted by atomic mass is 32.1. The molecule has 6 nitrogen and oxygen atoms in total. The number of nitrogens with zero attached hydrogens (tertiary/aromatic N) is 2. The van der Waals surface area contributed by atoms with Crippen molar-refractivity contribution in [2.75, 3.05) is 4.90 Å². The molecule has 0 radical (unpaired) electrons. The second-order valence-corrected chi connectivity index (χ2v) is 6.27. The lowest BCUT2D eigenvalue weighted by molar-refractivity contribution is -0.383. The molecule has 2 aromatic rings. The van der Waals surface area contributed by atoms with Crippen LogP contribution in [0.5, 0.6) is 0 Å². The molecule has 21 heavy (non-hydrogen) atoms. The first-order chi connectivity index (χ1) is 10.1. The third kappa shape index (κ3) is 2.93. The molecule has 1 fully saturated rings. The molecule has 2 aromatic heterocycles. The van der Waals surface area contributed by atoms with Gasteiger partial charge < -0.3 is 14.4 Å². The largest absolute Gasteiger partial charge is 0.467 e. The summed E-state index contributed by atoms with van der Waals surface area (Å²) in [6, 6.07) is 5.46. The summed E-state index contributed by atoms with van der Waals surface area (Å²) in [7, 11) is 0. The zero-order chi connectivity index (χ0) is 15.0. The third-order valence-electron chi connectivity index (χ3n) is 3.48. The number of rotatable bonds is 6. The summed E-state index contributed by atoms with van der Waals surface area (Å²) in [6.45, 7) is 2.13. The second kappa shape index (κ2) is 5.50. The Morgan fingerprint density at radius 3 is 2.90 bits per heavy atom. The van der Waals surface area contributed by atoms with Gasteiger partial charge in [-0.3, -0.25) is 10.1 Å². The van der Waals surface area contributed by atoms with Crippen molar-refractivity contribution >= 4 is 22.0 Å². The van der Waals surface area contributed by atoms with Crippen molar-refractivity contribution in [1.29, 1.82) is 0 Å². The number of hydrogen-bond acceptors (Lipinski definition) is 6. The molecule has 2 heterocycles. The monoisotopic (exact) mass is 308 g/mol. The topological polar surface area (TPSA) is 79.8 Å². The van der Waals surface area contributed by atoms with Crippen molar-refractivity contribution in [2.45, 2.75) is 38.5 Å². The predicted octanol–water partition coefficient (Wildman–Crippen LogP) is 3.47. The Morgan fingerprint density at radius 2 is 2.38 bits per heavy atom. The zero-order valence-corrected chi connectivity index (χ0v) is 12.4. The van der Waals surface area contributed by atoms with E-state index in [9.17, 15) is 15.2 Å². The fourth-order valence-corrected chi connectivity index (χ4v) is 3.39. The van der Waals surface area contributed by atoms with Crippen molar-refractivity contribution in [3.63, 3.8) is 0 Å². The summed E-state index contributed by atoms with van der Waals surface area (Å²) in [5.74, 6) is 0.781. The van der Waals surface area contributed by atoms with Crippen molar-refractivity contribution in [3.8, 4) is 0 Å². The normalized spacial score (nSPS) is 15.9. The molecule has 0 amide bonds. The van der Waals surface area contributed by atoms with E-state index in [-0.39, 0.29) is 10.6 Å². The van der Waals surface area contributed by atoms with Crippen molar-refractivity contribution < 1.29 is 14.4 Å². The number of thiophene rings is 1. The second-order valence-electron chi connectivity index (χ2n) is 5.21. The lowest BCUT2D eigenvalue weighted by atomic mass is 10.3. The highest BCUT2D eigenvalue weighted by Crippen LogP contribution is 2.45. The van der Waals surface area contributed by atoms with Crippen LogP contribution in [0.15, 0.2) is 28.9 Å². The molecule has 1 atom stereocenters. The van der Waals surface area contributed by atoms with Gasteiger partial charge in [0.1, 0.15) is 5.76 Å². The van der Waals surface area contributed by atoms with Gasteiger partial charge in [-0.05, 0) is 31.9 Å². The number of anilines is 1. The molecule has 1 N–H and O–H groups in total. The molecule has 1 saturated carbocycles. The van der Waals surface area contributed by atoms with Crippen LogP contribution in [0.3, 0.4) is 0 Å². The third-order valence-corrected chi connectivity index (χ3v) is 4.81. The Morgan fingerprint density at radius 1 is 1.62 bits per heavy atom. The quantitative estimate of drug-likeness (QED) is 0.653. The molecule has 0 aliphatic heterocycles. The standard InChI is InChI=1S/C14H16N2O4S/c1-9(17)13-7-12(16(18)19)14(21-13)15(10-4-5-10)8-11-3-2-6-20-11/h2-3,6-7,9-10,17H,4-5,8H2,1H3/t9-/m0/s1. The molecule has 7 heteroatoms. The first-order valence-corrected chi connectivity index (χ1v) is 7.63. The Bertz CT molecular complexity index is 631. The summed E-state index contributed by atoms with van der Waals surface area (Å²) in [4.78, 5) is 13.5. The minimum absolute atomic E-state index is 0.0642. The van der Waals surface area contributed by atoms with Crippen LogP contribution in [-0.2, 0) is 6.54 Å². The van der Waals surface area contributed by atoms with Gasteiger partial charge in [0, 0.05) is 17.0 Å². The van der Waals surface area contributed by atoms with Crippen molar-refractivity contribution in [2.24, 2.45) is 0 Å². The SMILES string of the molecule is C[C@H](O)c1cc([N+](=O)[O-])c(N(Cc2ccco2)C2CC2)s1. The number of aliphatic hydroxyl groups is 1. The highest BCUT2D eigenvalue weighted by molar-refractivity contribution is 7.16. The van der Waals surface area contributed by atoms with Gasteiger partial charge in [-0.2, -0.15) is 0 Å². The lowest BCUT2D eigenvalue weighted by Crippen LogP contribution is -2.24. The summed E-state index contributed by atoms with van der Waals surface area (Å²) in [5.41, 5.74) is 0.0642. The first-order valence-electron chi connectivity index (χ1n) is 6.81. The Balaban J connectivity index is 1.96. The van der Waals surface area contributed by atoms with E-state index in [2.05, 4.69) is 0 Å². The summed E-state index contributed by atoms with van der Waals surface area (Å²) < 4.78 is 5.36. The van der Waals surface area contributed by atoms with Gasteiger partial charge in [0.2, 0.25) is 0 Å². The molecule has 0 bridgehead atoms. The van der Waals surface area contributed by atoms with Crippen LogP contribution in [0.2, 0.25) is 0 Å². The van der Waals surface area contributed by atoms with E-state index in [0.29, 0.717) is 22.5 Å². The van der Waals surface area contributed by atoms with E-state index in [1.54, 1.807) is 13.2 Å². The zero-order valence-electron chi connectivity index (χ0n) is 11.6. The number of hydrogen-bond donors (Lipinski definition) is 1. The molecule has 1 aliphatic rings. The highest BCUT2D eigenvalue weighted by Gasteiger charge is 2.35. The van der Waals surface area contributed by atoms with Crippen molar-refractivity contribution in [3.05, 3.63) is 45.2 Å². The van der Waals surface area contributed by atoms with Crippen LogP contribution in [0.25, 0.3) is 0 Å². The van der Waals surface area contributed by atoms with E-state index in [1.165, 1.54) is 17.4 Å². The van der Waals surface area contributed by atoms with E-state index in [4.69, 9.17) is 4.42 Å². The number of aliphatic hydroxyl groups excluding tert-OH is 1. The molecule has 0 saturated heterocycles. The van der Waals surface area contributed by atoms with Crippen LogP contribution in [0.1, 0.15) is 36.5 Å². The molecule has 0 unspecified atom stereocenters. The number of nitro groups is 1. The predicted molar refractivity (Wildman–Crippen MR) is 79.5 cm³/mol. The summed E-state index contributed by atoms with van der Waals surface area (Å²) in [6.07, 6.45) is 2.96. The average Bonchev–Trinajstić information content (AvgIpc) is 2.98. The minimum atomic E-state index is -0.702.